The van der Waals surface area contributed by atoms with Gasteiger partial charge in [0.25, 0.3) is 0 Å². The molecular weight excluding hydrogens is 240 g/mol. The highest BCUT2D eigenvalue weighted by Gasteiger charge is 2.04. The molecule has 98 valence electrons. The van der Waals surface area contributed by atoms with Crippen LogP contribution in [0, 0.1) is 0 Å². The second-order valence-electron chi connectivity index (χ2n) is 4.23. The van der Waals surface area contributed by atoms with Gasteiger partial charge >= 0.3 is 5.97 Å². The minimum atomic E-state index is -0.208. The topological polar surface area (TPSA) is 46.5 Å². The van der Waals surface area contributed by atoms with Crippen LogP contribution in [0.2, 0.25) is 0 Å². The number of rotatable bonds is 4. The van der Waals surface area contributed by atoms with Crippen LogP contribution >= 0.6 is 0 Å². The molecule has 19 heavy (non-hydrogen) atoms. The Morgan fingerprint density at radius 1 is 1.00 bits per heavy atom. The van der Waals surface area contributed by atoms with E-state index < -0.39 is 0 Å². The zero-order chi connectivity index (χ0) is 13.7. The molecule has 3 heteroatoms. The van der Waals surface area contributed by atoms with Crippen LogP contribution in [0.15, 0.2) is 48.5 Å². The van der Waals surface area contributed by atoms with E-state index in [-0.39, 0.29) is 11.7 Å². The molecule has 0 unspecified atom stereocenters. The molecule has 0 amide bonds. The Balaban J connectivity index is 2.10. The third-order valence-corrected chi connectivity index (χ3v) is 2.81. The molecule has 3 nitrogen and oxygen atoms in total. The third-order valence-electron chi connectivity index (χ3n) is 2.81. The van der Waals surface area contributed by atoms with Crippen molar-refractivity contribution < 1.29 is 14.6 Å². The molecule has 2 aromatic rings. The lowest BCUT2D eigenvalue weighted by molar-refractivity contribution is -0.142. The maximum atomic E-state index is 11.4. The Hall–Kier alpha value is -2.29. The van der Waals surface area contributed by atoms with Crippen molar-refractivity contribution >= 4 is 5.97 Å². The second kappa shape index (κ2) is 6.05. The van der Waals surface area contributed by atoms with Crippen molar-refractivity contribution in [2.75, 3.05) is 6.61 Å². The number of phenols is 1. The first-order valence-corrected chi connectivity index (χ1v) is 6.23. The summed E-state index contributed by atoms with van der Waals surface area (Å²) in [6.45, 7) is 2.20. The van der Waals surface area contributed by atoms with Crippen molar-refractivity contribution in [3.63, 3.8) is 0 Å². The van der Waals surface area contributed by atoms with Crippen molar-refractivity contribution in [3.8, 4) is 16.9 Å². The first-order valence-electron chi connectivity index (χ1n) is 6.23. The normalized spacial score (nSPS) is 10.2. The van der Waals surface area contributed by atoms with Gasteiger partial charge in [-0.3, -0.25) is 4.79 Å². The van der Waals surface area contributed by atoms with E-state index in [2.05, 4.69) is 0 Å². The quantitative estimate of drug-likeness (QED) is 0.855. The molecule has 0 heterocycles. The minimum Gasteiger partial charge on any atom is -0.508 e. The molecule has 0 aliphatic rings. The van der Waals surface area contributed by atoms with Crippen LogP contribution in [-0.2, 0) is 16.0 Å². The fourth-order valence-electron chi connectivity index (χ4n) is 1.85. The van der Waals surface area contributed by atoms with Crippen LogP contribution in [0.25, 0.3) is 11.1 Å². The van der Waals surface area contributed by atoms with Gasteiger partial charge in [0.1, 0.15) is 5.75 Å². The summed E-state index contributed by atoms with van der Waals surface area (Å²) in [6.07, 6.45) is 0.295. The van der Waals surface area contributed by atoms with Gasteiger partial charge in [-0.1, -0.05) is 36.4 Å². The minimum absolute atomic E-state index is 0.208. The fourth-order valence-corrected chi connectivity index (χ4v) is 1.85. The maximum Gasteiger partial charge on any atom is 0.310 e. The van der Waals surface area contributed by atoms with Crippen LogP contribution in [0.4, 0.5) is 0 Å². The molecule has 2 rings (SSSR count). The van der Waals surface area contributed by atoms with Crippen LogP contribution in [0.1, 0.15) is 12.5 Å². The number of aromatic hydroxyl groups is 1. The van der Waals surface area contributed by atoms with Gasteiger partial charge in [0.15, 0.2) is 0 Å². The van der Waals surface area contributed by atoms with Gasteiger partial charge in [-0.25, -0.2) is 0 Å². The van der Waals surface area contributed by atoms with Crippen molar-refractivity contribution in [1.29, 1.82) is 0 Å². The van der Waals surface area contributed by atoms with E-state index in [1.54, 1.807) is 19.1 Å². The van der Waals surface area contributed by atoms with Crippen LogP contribution in [0.5, 0.6) is 5.75 Å². The summed E-state index contributed by atoms with van der Waals surface area (Å²) in [5, 5.41) is 9.25. The first kappa shape index (κ1) is 13.1. The predicted molar refractivity (Wildman–Crippen MR) is 73.9 cm³/mol. The van der Waals surface area contributed by atoms with Gasteiger partial charge in [-0.15, -0.1) is 0 Å². The van der Waals surface area contributed by atoms with E-state index in [0.29, 0.717) is 13.0 Å². The zero-order valence-corrected chi connectivity index (χ0v) is 10.8. The highest BCUT2D eigenvalue weighted by atomic mass is 16.5. The average Bonchev–Trinajstić information content (AvgIpc) is 2.41. The molecule has 1 N–H and O–H groups in total. The maximum absolute atomic E-state index is 11.4. The van der Waals surface area contributed by atoms with Gasteiger partial charge in [0.2, 0.25) is 0 Å². The lowest BCUT2D eigenvalue weighted by Gasteiger charge is -2.05. The number of hydrogen-bond acceptors (Lipinski definition) is 3. The number of carbonyl (C=O) groups is 1. The lowest BCUT2D eigenvalue weighted by Crippen LogP contribution is -2.07. The smallest absolute Gasteiger partial charge is 0.310 e. The molecule has 0 bridgehead atoms. The van der Waals surface area contributed by atoms with Crippen molar-refractivity contribution in [3.05, 3.63) is 54.1 Å². The molecule has 0 fully saturated rings. The number of benzene rings is 2. The molecule has 0 atom stereocenters. The molecule has 0 radical (unpaired) electrons. The molecule has 0 spiro atoms. The summed E-state index contributed by atoms with van der Waals surface area (Å²) in [7, 11) is 0. The van der Waals surface area contributed by atoms with Crippen molar-refractivity contribution in [2.45, 2.75) is 13.3 Å². The summed E-state index contributed by atoms with van der Waals surface area (Å²) < 4.78 is 4.91. The molecule has 0 aliphatic heterocycles. The van der Waals surface area contributed by atoms with Crippen molar-refractivity contribution in [2.24, 2.45) is 0 Å². The lowest BCUT2D eigenvalue weighted by atomic mass is 10.0. The number of ether oxygens (including phenoxy) is 1. The Morgan fingerprint density at radius 3 is 2.05 bits per heavy atom. The van der Waals surface area contributed by atoms with Crippen LogP contribution in [-0.4, -0.2) is 17.7 Å². The number of hydrogen-bond donors (Lipinski definition) is 1. The number of phenolic OH excluding ortho intramolecular Hbond substituents is 1. The van der Waals surface area contributed by atoms with Crippen molar-refractivity contribution in [1.82, 2.24) is 0 Å². The molecule has 0 aromatic heterocycles. The predicted octanol–water partition coefficient (Wildman–Crippen LogP) is 3.16. The number of esters is 1. The van der Waals surface area contributed by atoms with Crippen LogP contribution in [0.3, 0.4) is 0 Å². The largest absolute Gasteiger partial charge is 0.508 e. The van der Waals surface area contributed by atoms with Gasteiger partial charge in [0, 0.05) is 0 Å². The van der Waals surface area contributed by atoms with E-state index in [0.717, 1.165) is 16.7 Å². The Bertz CT molecular complexity index is 541. The van der Waals surface area contributed by atoms with E-state index in [1.165, 1.54) is 0 Å². The summed E-state index contributed by atoms with van der Waals surface area (Å²) in [5.74, 6) is 0.0440. The van der Waals surface area contributed by atoms with Gasteiger partial charge in [0.05, 0.1) is 13.0 Å². The number of carbonyl (C=O) groups excluding carboxylic acids is 1. The monoisotopic (exact) mass is 256 g/mol. The van der Waals surface area contributed by atoms with Gasteiger partial charge in [-0.05, 0) is 35.7 Å². The SMILES string of the molecule is CCOC(=O)Cc1ccc(-c2ccc(O)cc2)cc1. The van der Waals surface area contributed by atoms with Gasteiger partial charge < -0.3 is 9.84 Å². The van der Waals surface area contributed by atoms with Gasteiger partial charge in [-0.2, -0.15) is 0 Å². The molecule has 0 saturated heterocycles. The summed E-state index contributed by atoms with van der Waals surface area (Å²) in [4.78, 5) is 11.4. The molecule has 2 aromatic carbocycles. The zero-order valence-electron chi connectivity index (χ0n) is 10.8. The first-order chi connectivity index (χ1) is 9.19. The summed E-state index contributed by atoms with van der Waals surface area (Å²) >= 11 is 0. The molecular formula is C16H16O3. The standard InChI is InChI=1S/C16H16O3/c1-2-19-16(18)11-12-3-5-13(6-4-12)14-7-9-15(17)10-8-14/h3-10,17H,2,11H2,1H3. The fraction of sp³-hybridized carbons (Fsp3) is 0.188. The van der Waals surface area contributed by atoms with E-state index >= 15 is 0 Å². The highest BCUT2D eigenvalue weighted by molar-refractivity contribution is 5.73. The molecule has 0 aliphatic carbocycles. The highest BCUT2D eigenvalue weighted by Crippen LogP contribution is 2.22. The van der Waals surface area contributed by atoms with Crippen LogP contribution < -0.4 is 0 Å². The Kier molecular flexibility index (Phi) is 4.18. The Labute approximate surface area is 112 Å². The van der Waals surface area contributed by atoms with E-state index in [9.17, 15) is 9.90 Å². The Morgan fingerprint density at radius 2 is 1.53 bits per heavy atom. The third kappa shape index (κ3) is 3.58. The second-order valence-corrected chi connectivity index (χ2v) is 4.23. The summed E-state index contributed by atoms with van der Waals surface area (Å²) in [5.41, 5.74) is 3.01. The average molecular weight is 256 g/mol. The summed E-state index contributed by atoms with van der Waals surface area (Å²) in [6, 6.07) is 14.8. The van der Waals surface area contributed by atoms with E-state index in [4.69, 9.17) is 4.74 Å². The van der Waals surface area contributed by atoms with E-state index in [1.807, 2.05) is 36.4 Å². The molecule has 0 saturated carbocycles.